The third-order valence-corrected chi connectivity index (χ3v) is 3.41. The summed E-state index contributed by atoms with van der Waals surface area (Å²) in [5, 5.41) is 4.04. The Hall–Kier alpha value is -3.21. The van der Waals surface area contributed by atoms with E-state index in [0.29, 0.717) is 5.56 Å². The summed E-state index contributed by atoms with van der Waals surface area (Å²) >= 11 is 0. The number of nitrogens with one attached hydrogen (secondary N) is 1. The first-order valence-electron chi connectivity index (χ1n) is 7.23. The van der Waals surface area contributed by atoms with Crippen LogP contribution in [0.25, 0.3) is 5.69 Å². The molecule has 0 fully saturated rings. The number of hydrogen-bond acceptors (Lipinski definition) is 3. The van der Waals surface area contributed by atoms with E-state index < -0.39 is 0 Å². The van der Waals surface area contributed by atoms with Gasteiger partial charge in [0, 0.05) is 23.8 Å². The average molecular weight is 304 g/mol. The summed E-state index contributed by atoms with van der Waals surface area (Å²) < 4.78 is 2.07. The minimum absolute atomic E-state index is 0.288. The summed E-state index contributed by atoms with van der Waals surface area (Å²) in [6.07, 6.45) is 4.76. The normalized spacial score (nSPS) is 10.8. The van der Waals surface area contributed by atoms with Crippen molar-refractivity contribution in [1.82, 2.24) is 15.0 Å². The number of carbonyl (C=O) groups excluding carboxylic acids is 1. The second-order valence-corrected chi connectivity index (χ2v) is 5.01. The van der Waals surface area contributed by atoms with Crippen LogP contribution in [0.4, 0.5) is 0 Å². The Bertz CT molecular complexity index is 823. The number of pyridine rings is 1. The zero-order valence-electron chi connectivity index (χ0n) is 12.7. The van der Waals surface area contributed by atoms with E-state index in [2.05, 4.69) is 20.1 Å². The van der Waals surface area contributed by atoms with E-state index in [1.807, 2.05) is 49.4 Å². The molecule has 5 nitrogen and oxygen atoms in total. The number of hydrazone groups is 1. The number of aryl methyl sites for hydroxylation is 1. The molecule has 5 heteroatoms. The molecule has 114 valence electrons. The summed E-state index contributed by atoms with van der Waals surface area (Å²) in [6.45, 7) is 2.03. The van der Waals surface area contributed by atoms with Crippen LogP contribution in [0.15, 0.2) is 72.1 Å². The van der Waals surface area contributed by atoms with Gasteiger partial charge in [0.2, 0.25) is 0 Å². The lowest BCUT2D eigenvalue weighted by Crippen LogP contribution is -2.18. The molecule has 0 aliphatic carbocycles. The fraction of sp³-hybridized carbons (Fsp3) is 0.0556. The van der Waals surface area contributed by atoms with Crippen molar-refractivity contribution in [2.24, 2.45) is 5.10 Å². The lowest BCUT2D eigenvalue weighted by Gasteiger charge is -2.08. The monoisotopic (exact) mass is 304 g/mol. The van der Waals surface area contributed by atoms with E-state index in [-0.39, 0.29) is 5.91 Å². The average Bonchev–Trinajstić information content (AvgIpc) is 2.97. The molecule has 23 heavy (non-hydrogen) atoms. The van der Waals surface area contributed by atoms with E-state index >= 15 is 0 Å². The number of aromatic nitrogens is 2. The van der Waals surface area contributed by atoms with E-state index in [9.17, 15) is 4.79 Å². The second kappa shape index (κ2) is 6.70. The highest BCUT2D eigenvalue weighted by molar-refractivity contribution is 5.94. The molecule has 1 N–H and O–H groups in total. The maximum absolute atomic E-state index is 11.9. The van der Waals surface area contributed by atoms with Crippen molar-refractivity contribution >= 4 is 12.1 Å². The second-order valence-electron chi connectivity index (χ2n) is 5.01. The number of benzene rings is 1. The van der Waals surface area contributed by atoms with Crippen LogP contribution in [0.1, 0.15) is 21.7 Å². The Morgan fingerprint density at radius 3 is 2.70 bits per heavy atom. The van der Waals surface area contributed by atoms with Gasteiger partial charge in [-0.15, -0.1) is 0 Å². The lowest BCUT2D eigenvalue weighted by molar-refractivity contribution is 0.0955. The largest absolute Gasteiger partial charge is 0.313 e. The van der Waals surface area contributed by atoms with Gasteiger partial charge in [0.05, 0.1) is 17.5 Å². The molecule has 0 radical (unpaired) electrons. The summed E-state index contributed by atoms with van der Waals surface area (Å²) in [7, 11) is 0. The molecular formula is C18H16N4O. The van der Waals surface area contributed by atoms with Crippen LogP contribution < -0.4 is 5.43 Å². The van der Waals surface area contributed by atoms with Gasteiger partial charge in [0.25, 0.3) is 5.91 Å². The van der Waals surface area contributed by atoms with E-state index in [4.69, 9.17) is 0 Å². The van der Waals surface area contributed by atoms with Crippen molar-refractivity contribution in [2.45, 2.75) is 6.92 Å². The smallest absolute Gasteiger partial charge is 0.272 e. The predicted octanol–water partition coefficient (Wildman–Crippen LogP) is 2.94. The number of carbonyl (C=O) groups is 1. The molecule has 2 aromatic heterocycles. The molecule has 0 saturated carbocycles. The Labute approximate surface area is 134 Å². The molecule has 1 aromatic carbocycles. The standard InChI is InChI=1S/C18H16N4O/c1-14-9-10-17(22(14)16-7-3-2-4-8-16)13-20-21-18(23)15-6-5-11-19-12-15/h2-13H,1H3,(H,21,23)/b20-13+. The molecule has 2 heterocycles. The molecule has 0 aliphatic rings. The molecule has 3 aromatic rings. The molecule has 1 amide bonds. The number of nitrogens with zero attached hydrogens (tertiary/aromatic N) is 3. The van der Waals surface area contributed by atoms with Gasteiger partial charge >= 0.3 is 0 Å². The van der Waals surface area contributed by atoms with Crippen molar-refractivity contribution in [3.63, 3.8) is 0 Å². The Morgan fingerprint density at radius 1 is 1.13 bits per heavy atom. The maximum atomic E-state index is 11.9. The van der Waals surface area contributed by atoms with Crippen molar-refractivity contribution in [3.8, 4) is 5.69 Å². The van der Waals surface area contributed by atoms with Crippen molar-refractivity contribution in [2.75, 3.05) is 0 Å². The summed E-state index contributed by atoms with van der Waals surface area (Å²) in [5.41, 5.74) is 6.02. The molecular weight excluding hydrogens is 288 g/mol. The fourth-order valence-electron chi connectivity index (χ4n) is 2.31. The maximum Gasteiger partial charge on any atom is 0.272 e. The SMILES string of the molecule is Cc1ccc(/C=N/NC(=O)c2cccnc2)n1-c1ccccc1. The minimum Gasteiger partial charge on any atom is -0.313 e. The van der Waals surface area contributed by atoms with Crippen LogP contribution in [0.2, 0.25) is 0 Å². The third kappa shape index (κ3) is 3.35. The highest BCUT2D eigenvalue weighted by Crippen LogP contribution is 2.15. The third-order valence-electron chi connectivity index (χ3n) is 3.41. The van der Waals surface area contributed by atoms with Gasteiger partial charge in [-0.05, 0) is 43.3 Å². The first-order valence-corrected chi connectivity index (χ1v) is 7.23. The first-order chi connectivity index (χ1) is 11.3. The fourth-order valence-corrected chi connectivity index (χ4v) is 2.31. The molecule has 0 atom stereocenters. The first kappa shape index (κ1) is 14.7. The van der Waals surface area contributed by atoms with Crippen molar-refractivity contribution in [1.29, 1.82) is 0 Å². The molecule has 0 bridgehead atoms. The number of amides is 1. The Kier molecular flexibility index (Phi) is 4.29. The van der Waals surface area contributed by atoms with Gasteiger partial charge in [-0.25, -0.2) is 5.43 Å². The van der Waals surface area contributed by atoms with Gasteiger partial charge in [0.15, 0.2) is 0 Å². The van der Waals surface area contributed by atoms with Gasteiger partial charge in [0.1, 0.15) is 0 Å². The summed E-state index contributed by atoms with van der Waals surface area (Å²) in [5.74, 6) is -0.288. The quantitative estimate of drug-likeness (QED) is 0.595. The van der Waals surface area contributed by atoms with Crippen LogP contribution in [0.3, 0.4) is 0 Å². The van der Waals surface area contributed by atoms with Crippen LogP contribution >= 0.6 is 0 Å². The van der Waals surface area contributed by atoms with Crippen molar-refractivity contribution < 1.29 is 4.79 Å². The summed E-state index contributed by atoms with van der Waals surface area (Å²) in [6, 6.07) is 17.4. The molecule has 0 unspecified atom stereocenters. The van der Waals surface area contributed by atoms with Gasteiger partial charge in [-0.1, -0.05) is 18.2 Å². The van der Waals surface area contributed by atoms with Gasteiger partial charge < -0.3 is 4.57 Å². The van der Waals surface area contributed by atoms with E-state index in [0.717, 1.165) is 17.1 Å². The van der Waals surface area contributed by atoms with Crippen LogP contribution in [-0.4, -0.2) is 21.7 Å². The predicted molar refractivity (Wildman–Crippen MR) is 89.8 cm³/mol. The zero-order chi connectivity index (χ0) is 16.1. The zero-order valence-corrected chi connectivity index (χ0v) is 12.7. The Balaban J connectivity index is 1.78. The molecule has 0 aliphatic heterocycles. The van der Waals surface area contributed by atoms with Crippen LogP contribution in [0, 0.1) is 6.92 Å². The molecule has 0 spiro atoms. The summed E-state index contributed by atoms with van der Waals surface area (Å²) in [4.78, 5) is 15.8. The van der Waals surface area contributed by atoms with Gasteiger partial charge in [-0.3, -0.25) is 9.78 Å². The van der Waals surface area contributed by atoms with Crippen LogP contribution in [0.5, 0.6) is 0 Å². The number of para-hydroxylation sites is 1. The van der Waals surface area contributed by atoms with Gasteiger partial charge in [-0.2, -0.15) is 5.10 Å². The Morgan fingerprint density at radius 2 is 1.96 bits per heavy atom. The van der Waals surface area contributed by atoms with Crippen molar-refractivity contribution in [3.05, 3.63) is 83.9 Å². The van der Waals surface area contributed by atoms with Crippen LogP contribution in [-0.2, 0) is 0 Å². The highest BCUT2D eigenvalue weighted by Gasteiger charge is 2.06. The van der Waals surface area contributed by atoms with E-state index in [1.54, 1.807) is 24.5 Å². The number of rotatable bonds is 4. The minimum atomic E-state index is -0.288. The molecule has 3 rings (SSSR count). The molecule has 0 saturated heterocycles. The topological polar surface area (TPSA) is 59.3 Å². The highest BCUT2D eigenvalue weighted by atomic mass is 16.2. The lowest BCUT2D eigenvalue weighted by atomic mass is 10.3. The van der Waals surface area contributed by atoms with E-state index in [1.165, 1.54) is 6.20 Å². The number of hydrogen-bond donors (Lipinski definition) is 1.